The summed E-state index contributed by atoms with van der Waals surface area (Å²) in [6.07, 6.45) is 22.3. The number of hydrogen-bond acceptors (Lipinski definition) is 1. The third-order valence-electron chi connectivity index (χ3n) is 4.90. The molecule has 2 nitrogen and oxygen atoms in total. The van der Waals surface area contributed by atoms with Gasteiger partial charge in [0.15, 0.2) is 0 Å². The van der Waals surface area contributed by atoms with E-state index in [1.165, 1.54) is 77.0 Å². The molecule has 0 aliphatic rings. The van der Waals surface area contributed by atoms with E-state index in [2.05, 4.69) is 20.8 Å². The van der Waals surface area contributed by atoms with Crippen molar-refractivity contribution >= 4 is 20.3 Å². The second-order valence-electron chi connectivity index (χ2n) is 7.76. The summed E-state index contributed by atoms with van der Waals surface area (Å²) in [7, 11) is 0. The molecule has 0 heterocycles. The van der Waals surface area contributed by atoms with Gasteiger partial charge in [0, 0.05) is 6.92 Å². The number of carbonyl (C=O) groups is 1. The number of carboxylic acid groups (broad SMARTS) is 1. The Hall–Kier alpha value is 0.0129. The zero-order valence-corrected chi connectivity index (χ0v) is 20.7. The minimum atomic E-state index is -0.833. The summed E-state index contributed by atoms with van der Waals surface area (Å²) >= 11 is -0.675. The molecular weight excluding hydrogens is 381 g/mol. The van der Waals surface area contributed by atoms with E-state index in [1.54, 1.807) is 35.0 Å². The van der Waals surface area contributed by atoms with Crippen LogP contribution >= 0.6 is 0 Å². The van der Waals surface area contributed by atoms with Crippen LogP contribution in [-0.4, -0.2) is 25.4 Å². The maximum atomic E-state index is 9.00. The molecule has 0 unspecified atom stereocenters. The Labute approximate surface area is 170 Å². The first-order chi connectivity index (χ1) is 12.6. The zero-order chi connectivity index (χ0) is 19.9. The van der Waals surface area contributed by atoms with Crippen molar-refractivity contribution in [3.8, 4) is 0 Å². The molecule has 157 valence electrons. The standard InChI is InChI=1S/C21H45Ge.C2H4O2/c1-4-7-10-13-16-19-22(20-17-14-11-8-5-2)21-18-15-12-9-6-3;1-2(3)4/h4-21H2,1-3H3;1H3,(H,3,4). The van der Waals surface area contributed by atoms with Gasteiger partial charge < -0.3 is 5.11 Å². The van der Waals surface area contributed by atoms with Gasteiger partial charge in [-0.1, -0.05) is 0 Å². The Morgan fingerprint density at radius 1 is 0.577 bits per heavy atom. The summed E-state index contributed by atoms with van der Waals surface area (Å²) in [5.74, 6) is -0.833. The average Bonchev–Trinajstić information content (AvgIpc) is 2.60. The van der Waals surface area contributed by atoms with E-state index < -0.39 is 20.3 Å². The molecule has 1 N–H and O–H groups in total. The van der Waals surface area contributed by atoms with Crippen LogP contribution in [0.2, 0.25) is 15.8 Å². The minimum absolute atomic E-state index is 0.675. The van der Waals surface area contributed by atoms with Crippen molar-refractivity contribution in [3.63, 3.8) is 0 Å². The first-order valence-corrected chi connectivity index (χ1v) is 16.1. The molecular formula is C23H49GeO2. The molecule has 0 atom stereocenters. The quantitative estimate of drug-likeness (QED) is 0.175. The summed E-state index contributed by atoms with van der Waals surface area (Å²) in [6, 6.07) is 0. The van der Waals surface area contributed by atoms with Gasteiger partial charge in [0.2, 0.25) is 0 Å². The van der Waals surface area contributed by atoms with Gasteiger partial charge in [0.05, 0.1) is 0 Å². The molecule has 0 aliphatic heterocycles. The molecule has 0 aromatic heterocycles. The second-order valence-corrected chi connectivity index (χ2v) is 14.1. The van der Waals surface area contributed by atoms with Gasteiger partial charge in [-0.25, -0.2) is 0 Å². The van der Waals surface area contributed by atoms with Crippen LogP contribution in [0.1, 0.15) is 124 Å². The van der Waals surface area contributed by atoms with Crippen LogP contribution < -0.4 is 0 Å². The Kier molecular flexibility index (Phi) is 27.2. The van der Waals surface area contributed by atoms with Crippen LogP contribution in [0.4, 0.5) is 0 Å². The SMILES string of the molecule is CC(=O)O.CCCCCC[CH2][Ge]([CH2]CCCCCC)[CH2]CCCCCC. The van der Waals surface area contributed by atoms with Crippen molar-refractivity contribution in [3.05, 3.63) is 0 Å². The number of rotatable bonds is 18. The Bertz CT molecular complexity index is 232. The number of carboxylic acids is 1. The van der Waals surface area contributed by atoms with E-state index in [1.807, 2.05) is 0 Å². The third kappa shape index (κ3) is 28.8. The van der Waals surface area contributed by atoms with Gasteiger partial charge in [-0.15, -0.1) is 0 Å². The van der Waals surface area contributed by atoms with Crippen LogP contribution in [0.15, 0.2) is 0 Å². The fourth-order valence-corrected chi connectivity index (χ4v) is 9.60. The first-order valence-electron chi connectivity index (χ1n) is 11.6. The maximum absolute atomic E-state index is 9.00. The topological polar surface area (TPSA) is 37.3 Å². The van der Waals surface area contributed by atoms with Gasteiger partial charge in [-0.05, 0) is 0 Å². The van der Waals surface area contributed by atoms with Gasteiger partial charge >= 0.3 is 147 Å². The fourth-order valence-electron chi connectivity index (χ4n) is 3.31. The van der Waals surface area contributed by atoms with Crippen molar-refractivity contribution in [1.29, 1.82) is 0 Å². The molecule has 0 spiro atoms. The molecule has 26 heavy (non-hydrogen) atoms. The van der Waals surface area contributed by atoms with Crippen molar-refractivity contribution < 1.29 is 9.90 Å². The molecule has 0 aromatic carbocycles. The second kappa shape index (κ2) is 25.0. The van der Waals surface area contributed by atoms with Gasteiger partial charge in [0.25, 0.3) is 5.97 Å². The zero-order valence-electron chi connectivity index (χ0n) is 18.6. The molecule has 3 heteroatoms. The van der Waals surface area contributed by atoms with Crippen molar-refractivity contribution in [2.45, 2.75) is 140 Å². The van der Waals surface area contributed by atoms with E-state index in [9.17, 15) is 0 Å². The van der Waals surface area contributed by atoms with Gasteiger partial charge in [-0.3, -0.25) is 4.79 Å². The van der Waals surface area contributed by atoms with Crippen LogP contribution in [0.25, 0.3) is 0 Å². The van der Waals surface area contributed by atoms with E-state index >= 15 is 0 Å². The molecule has 0 saturated heterocycles. The van der Waals surface area contributed by atoms with Crippen LogP contribution in [0, 0.1) is 0 Å². The summed E-state index contributed by atoms with van der Waals surface area (Å²) < 4.78 is 0. The molecule has 0 aliphatic carbocycles. The van der Waals surface area contributed by atoms with Crippen LogP contribution in [0.5, 0.6) is 0 Å². The van der Waals surface area contributed by atoms with Gasteiger partial charge in [-0.2, -0.15) is 0 Å². The van der Waals surface area contributed by atoms with Crippen molar-refractivity contribution in [1.82, 2.24) is 0 Å². The molecule has 0 saturated carbocycles. The monoisotopic (exact) mass is 431 g/mol. The normalized spacial score (nSPS) is 10.7. The van der Waals surface area contributed by atoms with Crippen LogP contribution in [0.3, 0.4) is 0 Å². The van der Waals surface area contributed by atoms with Gasteiger partial charge in [0.1, 0.15) is 0 Å². The number of hydrogen-bond donors (Lipinski definition) is 1. The Morgan fingerprint density at radius 2 is 0.808 bits per heavy atom. The average molecular weight is 430 g/mol. The Balaban J connectivity index is 0. The predicted molar refractivity (Wildman–Crippen MR) is 120 cm³/mol. The fraction of sp³-hybridized carbons (Fsp3) is 0.957. The van der Waals surface area contributed by atoms with E-state index in [4.69, 9.17) is 9.90 Å². The molecule has 0 bridgehead atoms. The molecule has 0 amide bonds. The number of aliphatic carboxylic acids is 1. The Morgan fingerprint density at radius 3 is 1.04 bits per heavy atom. The molecule has 0 aromatic rings. The van der Waals surface area contributed by atoms with Crippen molar-refractivity contribution in [2.24, 2.45) is 0 Å². The summed E-state index contributed by atoms with van der Waals surface area (Å²) in [6.45, 7) is 8.06. The van der Waals surface area contributed by atoms with E-state index in [0.717, 1.165) is 6.92 Å². The van der Waals surface area contributed by atoms with Crippen LogP contribution in [-0.2, 0) is 4.79 Å². The molecule has 1 radical (unpaired) electrons. The van der Waals surface area contributed by atoms with E-state index in [-0.39, 0.29) is 0 Å². The number of unbranched alkanes of at least 4 members (excludes halogenated alkanes) is 12. The summed E-state index contributed by atoms with van der Waals surface area (Å²) in [4.78, 5) is 9.00. The van der Waals surface area contributed by atoms with Crippen molar-refractivity contribution in [2.75, 3.05) is 0 Å². The molecule has 0 fully saturated rings. The molecule has 0 rings (SSSR count). The predicted octanol–water partition coefficient (Wildman–Crippen LogP) is 8.48. The summed E-state index contributed by atoms with van der Waals surface area (Å²) in [5.41, 5.74) is 0. The third-order valence-corrected chi connectivity index (χ3v) is 11.6. The van der Waals surface area contributed by atoms with E-state index in [0.29, 0.717) is 0 Å². The summed E-state index contributed by atoms with van der Waals surface area (Å²) in [5, 5.41) is 12.5. The first kappa shape index (κ1) is 28.2.